The fourth-order valence-corrected chi connectivity index (χ4v) is 3.30. The molecule has 21 heavy (non-hydrogen) atoms. The van der Waals surface area contributed by atoms with E-state index in [-0.39, 0.29) is 0 Å². The van der Waals surface area contributed by atoms with Crippen LogP contribution in [0.25, 0.3) is 0 Å². The summed E-state index contributed by atoms with van der Waals surface area (Å²) in [6, 6.07) is 6.56. The summed E-state index contributed by atoms with van der Waals surface area (Å²) >= 11 is 3.56. The molecule has 1 fully saturated rings. The molecule has 1 saturated heterocycles. The Morgan fingerprint density at radius 1 is 1.43 bits per heavy atom. The van der Waals surface area contributed by atoms with Crippen LogP contribution in [0.15, 0.2) is 22.7 Å². The van der Waals surface area contributed by atoms with E-state index >= 15 is 0 Å². The third kappa shape index (κ3) is 4.97. The van der Waals surface area contributed by atoms with E-state index in [9.17, 15) is 0 Å². The van der Waals surface area contributed by atoms with Crippen molar-refractivity contribution >= 4 is 15.9 Å². The second-order valence-electron chi connectivity index (χ2n) is 5.63. The first kappa shape index (κ1) is 16.8. The van der Waals surface area contributed by atoms with Crippen molar-refractivity contribution in [3.63, 3.8) is 0 Å². The maximum atomic E-state index is 6.00. The standard InChI is InChI=1S/C17H26BrNO2/c1-3-9-19-15(17-6-4-5-10-21-17)12-13-11-14(18)7-8-16(13)20-2/h7-8,11,15,17,19H,3-6,9-10,12H2,1-2H3. The van der Waals surface area contributed by atoms with Gasteiger partial charge in [-0.3, -0.25) is 0 Å². The summed E-state index contributed by atoms with van der Waals surface area (Å²) in [7, 11) is 1.73. The monoisotopic (exact) mass is 355 g/mol. The molecule has 0 bridgehead atoms. The van der Waals surface area contributed by atoms with Gasteiger partial charge >= 0.3 is 0 Å². The highest BCUT2D eigenvalue weighted by molar-refractivity contribution is 9.10. The van der Waals surface area contributed by atoms with E-state index in [1.54, 1.807) is 7.11 Å². The van der Waals surface area contributed by atoms with E-state index in [1.165, 1.54) is 18.4 Å². The average molecular weight is 356 g/mol. The van der Waals surface area contributed by atoms with Crippen LogP contribution in [0.5, 0.6) is 5.75 Å². The molecule has 0 radical (unpaired) electrons. The lowest BCUT2D eigenvalue weighted by molar-refractivity contribution is -0.00746. The maximum Gasteiger partial charge on any atom is 0.122 e. The van der Waals surface area contributed by atoms with Crippen molar-refractivity contribution in [2.75, 3.05) is 20.3 Å². The van der Waals surface area contributed by atoms with Gasteiger partial charge in [-0.1, -0.05) is 22.9 Å². The van der Waals surface area contributed by atoms with Gasteiger partial charge in [0.1, 0.15) is 5.75 Å². The van der Waals surface area contributed by atoms with Crippen LogP contribution in [-0.4, -0.2) is 32.4 Å². The summed E-state index contributed by atoms with van der Waals surface area (Å²) in [4.78, 5) is 0. The maximum absolute atomic E-state index is 6.00. The summed E-state index contributed by atoms with van der Waals surface area (Å²) in [6.07, 6.45) is 6.00. The summed E-state index contributed by atoms with van der Waals surface area (Å²) in [5.41, 5.74) is 1.23. The van der Waals surface area contributed by atoms with Gasteiger partial charge in [-0.2, -0.15) is 0 Å². The molecule has 2 atom stereocenters. The highest BCUT2D eigenvalue weighted by Gasteiger charge is 2.25. The van der Waals surface area contributed by atoms with Gasteiger partial charge in [-0.15, -0.1) is 0 Å². The fraction of sp³-hybridized carbons (Fsp3) is 0.647. The van der Waals surface area contributed by atoms with E-state index < -0.39 is 0 Å². The van der Waals surface area contributed by atoms with Crippen LogP contribution in [-0.2, 0) is 11.2 Å². The molecule has 3 nitrogen and oxygen atoms in total. The first-order chi connectivity index (χ1) is 10.2. The molecule has 1 aromatic carbocycles. The second-order valence-corrected chi connectivity index (χ2v) is 6.54. The number of rotatable bonds is 7. The summed E-state index contributed by atoms with van der Waals surface area (Å²) in [5, 5.41) is 3.66. The van der Waals surface area contributed by atoms with Crippen molar-refractivity contribution < 1.29 is 9.47 Å². The van der Waals surface area contributed by atoms with E-state index in [4.69, 9.17) is 9.47 Å². The number of hydrogen-bond acceptors (Lipinski definition) is 3. The highest BCUT2D eigenvalue weighted by atomic mass is 79.9. The molecule has 4 heteroatoms. The lowest BCUT2D eigenvalue weighted by Gasteiger charge is -2.31. The van der Waals surface area contributed by atoms with Gasteiger partial charge in [0.15, 0.2) is 0 Å². The lowest BCUT2D eigenvalue weighted by atomic mass is 9.95. The normalized spacial score (nSPS) is 20.2. The smallest absolute Gasteiger partial charge is 0.122 e. The molecule has 1 N–H and O–H groups in total. The minimum atomic E-state index is 0.314. The minimum Gasteiger partial charge on any atom is -0.496 e. The third-order valence-electron chi connectivity index (χ3n) is 4.00. The Hall–Kier alpha value is -0.580. The summed E-state index contributed by atoms with van der Waals surface area (Å²) in [5.74, 6) is 0.956. The van der Waals surface area contributed by atoms with Crippen LogP contribution in [0.2, 0.25) is 0 Å². The van der Waals surface area contributed by atoms with Gasteiger partial charge in [0, 0.05) is 17.1 Å². The Kier molecular flexibility index (Phi) is 7.00. The molecule has 1 aromatic rings. The zero-order valence-corrected chi connectivity index (χ0v) is 14.6. The number of halogens is 1. The number of ether oxygens (including phenoxy) is 2. The summed E-state index contributed by atoms with van der Waals surface area (Å²) in [6.45, 7) is 4.12. The molecule has 2 rings (SSSR count). The Labute approximate surface area is 136 Å². The molecule has 118 valence electrons. The van der Waals surface area contributed by atoms with Crippen LogP contribution < -0.4 is 10.1 Å². The van der Waals surface area contributed by atoms with E-state index in [1.807, 2.05) is 12.1 Å². The van der Waals surface area contributed by atoms with Gasteiger partial charge in [-0.05, 0) is 62.4 Å². The largest absolute Gasteiger partial charge is 0.496 e. The van der Waals surface area contributed by atoms with Gasteiger partial charge in [0.05, 0.1) is 13.2 Å². The zero-order chi connectivity index (χ0) is 15.1. The van der Waals surface area contributed by atoms with Crippen molar-refractivity contribution in [2.45, 2.75) is 51.2 Å². The average Bonchev–Trinajstić information content (AvgIpc) is 2.52. The van der Waals surface area contributed by atoms with Gasteiger partial charge < -0.3 is 14.8 Å². The second kappa shape index (κ2) is 8.76. The molecule has 0 aromatic heterocycles. The minimum absolute atomic E-state index is 0.314. The third-order valence-corrected chi connectivity index (χ3v) is 4.50. The number of methoxy groups -OCH3 is 1. The van der Waals surface area contributed by atoms with Gasteiger partial charge in [0.25, 0.3) is 0 Å². The highest BCUT2D eigenvalue weighted by Crippen LogP contribution is 2.26. The van der Waals surface area contributed by atoms with E-state index in [0.717, 1.165) is 42.6 Å². The topological polar surface area (TPSA) is 30.5 Å². The Morgan fingerprint density at radius 3 is 2.95 bits per heavy atom. The first-order valence-electron chi connectivity index (χ1n) is 7.92. The molecule has 2 unspecified atom stereocenters. The number of benzene rings is 1. The SMILES string of the molecule is CCCNC(Cc1cc(Br)ccc1OC)C1CCCCO1. The first-order valence-corrected chi connectivity index (χ1v) is 8.71. The van der Waals surface area contributed by atoms with Crippen molar-refractivity contribution in [2.24, 2.45) is 0 Å². The van der Waals surface area contributed by atoms with Crippen molar-refractivity contribution in [3.05, 3.63) is 28.2 Å². The quantitative estimate of drug-likeness (QED) is 0.803. The molecule has 1 heterocycles. The number of nitrogens with one attached hydrogen (secondary N) is 1. The van der Waals surface area contributed by atoms with Crippen LogP contribution >= 0.6 is 15.9 Å². The molecular weight excluding hydrogens is 330 g/mol. The lowest BCUT2D eigenvalue weighted by Crippen LogP contribution is -2.44. The van der Waals surface area contributed by atoms with Crippen molar-refractivity contribution in [1.82, 2.24) is 5.32 Å². The summed E-state index contributed by atoms with van der Waals surface area (Å²) < 4.78 is 12.6. The Balaban J connectivity index is 2.11. The van der Waals surface area contributed by atoms with Crippen LogP contribution in [0.1, 0.15) is 38.2 Å². The van der Waals surface area contributed by atoms with Crippen LogP contribution in [0, 0.1) is 0 Å². The fourth-order valence-electron chi connectivity index (χ4n) is 2.89. The predicted molar refractivity (Wildman–Crippen MR) is 90.1 cm³/mol. The molecular formula is C17H26BrNO2. The van der Waals surface area contributed by atoms with E-state index in [2.05, 4.69) is 34.2 Å². The number of hydrogen-bond donors (Lipinski definition) is 1. The Morgan fingerprint density at radius 2 is 2.29 bits per heavy atom. The van der Waals surface area contributed by atoms with Crippen LogP contribution in [0.4, 0.5) is 0 Å². The van der Waals surface area contributed by atoms with Gasteiger partial charge in [-0.25, -0.2) is 0 Å². The van der Waals surface area contributed by atoms with Crippen molar-refractivity contribution in [1.29, 1.82) is 0 Å². The Bertz CT molecular complexity index is 433. The molecule has 0 amide bonds. The zero-order valence-electron chi connectivity index (χ0n) is 13.0. The molecule has 0 saturated carbocycles. The molecule has 1 aliphatic rings. The van der Waals surface area contributed by atoms with E-state index in [0.29, 0.717) is 12.1 Å². The molecule has 0 aliphatic carbocycles. The van der Waals surface area contributed by atoms with Crippen LogP contribution in [0.3, 0.4) is 0 Å². The van der Waals surface area contributed by atoms with Gasteiger partial charge in [0.2, 0.25) is 0 Å². The molecule has 1 aliphatic heterocycles. The van der Waals surface area contributed by atoms with Crippen molar-refractivity contribution in [3.8, 4) is 5.75 Å². The predicted octanol–water partition coefficient (Wildman–Crippen LogP) is 3.94. The molecule has 0 spiro atoms.